The van der Waals surface area contributed by atoms with E-state index in [9.17, 15) is 4.79 Å². The van der Waals surface area contributed by atoms with Crippen LogP contribution < -0.4 is 5.32 Å². The predicted octanol–water partition coefficient (Wildman–Crippen LogP) is 1.98. The fourth-order valence-electron chi connectivity index (χ4n) is 2.69. The molecule has 0 aliphatic carbocycles. The lowest BCUT2D eigenvalue weighted by atomic mass is 9.94. The van der Waals surface area contributed by atoms with Gasteiger partial charge in [-0.25, -0.2) is 4.68 Å². The zero-order chi connectivity index (χ0) is 17.6. The Morgan fingerprint density at radius 1 is 1.28 bits per heavy atom. The summed E-state index contributed by atoms with van der Waals surface area (Å²) >= 11 is 0. The van der Waals surface area contributed by atoms with Crippen LogP contribution in [0.1, 0.15) is 34.7 Å². The number of hydrogen-bond donors (Lipinski definition) is 1. The molecule has 1 unspecified atom stereocenters. The average Bonchev–Trinajstić information content (AvgIpc) is 3.14. The molecule has 1 aromatic carbocycles. The molecule has 0 aliphatic rings. The maximum Gasteiger partial charge on any atom is 0.222 e. The van der Waals surface area contributed by atoms with E-state index in [0.717, 1.165) is 22.3 Å². The van der Waals surface area contributed by atoms with E-state index in [-0.39, 0.29) is 11.9 Å². The summed E-state index contributed by atoms with van der Waals surface area (Å²) in [5.74, 6) is -0.0646. The van der Waals surface area contributed by atoms with Crippen molar-refractivity contribution in [1.29, 1.82) is 0 Å². The zero-order valence-corrected chi connectivity index (χ0v) is 14.3. The molecule has 3 rings (SSSR count). The molecule has 1 N–H and O–H groups in total. The molecule has 7 nitrogen and oxygen atoms in total. The third-order valence-corrected chi connectivity index (χ3v) is 4.03. The van der Waals surface area contributed by atoms with Crippen molar-refractivity contribution in [3.63, 3.8) is 0 Å². The molecule has 3 aromatic rings. The quantitative estimate of drug-likeness (QED) is 0.744. The van der Waals surface area contributed by atoms with E-state index >= 15 is 0 Å². The first-order chi connectivity index (χ1) is 12.1. The third-order valence-electron chi connectivity index (χ3n) is 4.03. The van der Waals surface area contributed by atoms with Gasteiger partial charge in [0.15, 0.2) is 0 Å². The number of rotatable bonds is 6. The van der Waals surface area contributed by atoms with E-state index in [1.54, 1.807) is 12.4 Å². The van der Waals surface area contributed by atoms with Gasteiger partial charge in [-0.15, -0.1) is 5.10 Å². The van der Waals surface area contributed by atoms with Crippen molar-refractivity contribution in [2.24, 2.45) is 0 Å². The highest BCUT2D eigenvalue weighted by molar-refractivity contribution is 5.77. The van der Waals surface area contributed by atoms with Crippen LogP contribution in [0.15, 0.2) is 49.1 Å². The van der Waals surface area contributed by atoms with Crippen LogP contribution >= 0.6 is 0 Å². The van der Waals surface area contributed by atoms with Crippen molar-refractivity contribution in [2.75, 3.05) is 0 Å². The summed E-state index contributed by atoms with van der Waals surface area (Å²) in [7, 11) is 0. The molecule has 0 spiro atoms. The van der Waals surface area contributed by atoms with Crippen LogP contribution in [0.2, 0.25) is 0 Å². The van der Waals surface area contributed by atoms with Crippen LogP contribution in [0.5, 0.6) is 0 Å². The molecule has 0 saturated carbocycles. The Kier molecular flexibility index (Phi) is 5.13. The molecule has 128 valence electrons. The number of hydrogen-bond acceptors (Lipinski definition) is 5. The molecular formula is C18H20N6O. The highest BCUT2D eigenvalue weighted by Gasteiger charge is 2.19. The monoisotopic (exact) mass is 336 g/mol. The lowest BCUT2D eigenvalue weighted by Gasteiger charge is -2.22. The van der Waals surface area contributed by atoms with E-state index in [1.165, 1.54) is 11.0 Å². The summed E-state index contributed by atoms with van der Waals surface area (Å²) in [6.45, 7) is 4.53. The van der Waals surface area contributed by atoms with Crippen molar-refractivity contribution in [2.45, 2.75) is 32.9 Å². The molecule has 7 heteroatoms. The van der Waals surface area contributed by atoms with Gasteiger partial charge in [-0.3, -0.25) is 9.78 Å². The summed E-state index contributed by atoms with van der Waals surface area (Å²) < 4.78 is 1.54. The van der Waals surface area contributed by atoms with Gasteiger partial charge in [0, 0.05) is 18.8 Å². The van der Waals surface area contributed by atoms with Crippen molar-refractivity contribution in [3.8, 4) is 0 Å². The van der Waals surface area contributed by atoms with Gasteiger partial charge in [-0.05, 0) is 47.0 Å². The second-order valence-corrected chi connectivity index (χ2v) is 5.97. The van der Waals surface area contributed by atoms with Gasteiger partial charge in [0.2, 0.25) is 5.91 Å². The number of carbonyl (C=O) groups excluding carboxylic acids is 1. The molecule has 0 radical (unpaired) electrons. The van der Waals surface area contributed by atoms with Crippen LogP contribution in [0.25, 0.3) is 0 Å². The predicted molar refractivity (Wildman–Crippen MR) is 92.6 cm³/mol. The normalized spacial score (nSPS) is 11.9. The van der Waals surface area contributed by atoms with Gasteiger partial charge in [0.1, 0.15) is 6.33 Å². The standard InChI is InChI=1S/C18H20N6O/c1-13-5-6-14(2)16(10-13)18(15-4-3-8-19-11-15)21-17(25)7-9-24-12-20-22-23-24/h3-6,8,10-12,18H,7,9H2,1-2H3,(H,21,25). The minimum absolute atomic E-state index is 0.0646. The van der Waals surface area contributed by atoms with Crippen LogP contribution in [0.4, 0.5) is 0 Å². The average molecular weight is 336 g/mol. The van der Waals surface area contributed by atoms with Gasteiger partial charge in [-0.2, -0.15) is 0 Å². The van der Waals surface area contributed by atoms with Crippen molar-refractivity contribution < 1.29 is 4.79 Å². The van der Waals surface area contributed by atoms with Crippen molar-refractivity contribution in [3.05, 3.63) is 71.3 Å². The van der Waals surface area contributed by atoms with Gasteiger partial charge in [0.25, 0.3) is 0 Å². The smallest absolute Gasteiger partial charge is 0.222 e. The molecule has 25 heavy (non-hydrogen) atoms. The third kappa shape index (κ3) is 4.26. The van der Waals surface area contributed by atoms with Crippen LogP contribution in [0.3, 0.4) is 0 Å². The topological polar surface area (TPSA) is 85.6 Å². The first kappa shape index (κ1) is 16.8. The number of aryl methyl sites for hydroxylation is 3. The lowest BCUT2D eigenvalue weighted by Crippen LogP contribution is -2.30. The summed E-state index contributed by atoms with van der Waals surface area (Å²) in [6, 6.07) is 9.85. The zero-order valence-electron chi connectivity index (χ0n) is 14.3. The highest BCUT2D eigenvalue weighted by Crippen LogP contribution is 2.25. The van der Waals surface area contributed by atoms with Gasteiger partial charge in [0.05, 0.1) is 12.6 Å². The molecule has 2 heterocycles. The van der Waals surface area contributed by atoms with Gasteiger partial charge >= 0.3 is 0 Å². The molecule has 0 saturated heterocycles. The second-order valence-electron chi connectivity index (χ2n) is 5.97. The van der Waals surface area contributed by atoms with Crippen molar-refractivity contribution in [1.82, 2.24) is 30.5 Å². The Bertz CT molecular complexity index is 832. The molecule has 1 atom stereocenters. The summed E-state index contributed by atoms with van der Waals surface area (Å²) in [5.41, 5.74) is 4.30. The maximum atomic E-state index is 12.5. The Morgan fingerprint density at radius 2 is 2.16 bits per heavy atom. The van der Waals surface area contributed by atoms with E-state index in [2.05, 4.69) is 44.0 Å². The Labute approximate surface area is 146 Å². The summed E-state index contributed by atoms with van der Waals surface area (Å²) in [6.07, 6.45) is 5.31. The molecular weight excluding hydrogens is 316 g/mol. The Morgan fingerprint density at radius 3 is 2.88 bits per heavy atom. The number of nitrogens with one attached hydrogen (secondary N) is 1. The Hall–Kier alpha value is -3.09. The fourth-order valence-corrected chi connectivity index (χ4v) is 2.69. The minimum Gasteiger partial charge on any atom is -0.345 e. The first-order valence-electron chi connectivity index (χ1n) is 8.10. The lowest BCUT2D eigenvalue weighted by molar-refractivity contribution is -0.121. The van der Waals surface area contributed by atoms with E-state index in [1.807, 2.05) is 26.0 Å². The number of tetrazole rings is 1. The van der Waals surface area contributed by atoms with E-state index in [0.29, 0.717) is 13.0 Å². The number of pyridine rings is 1. The van der Waals surface area contributed by atoms with E-state index in [4.69, 9.17) is 0 Å². The van der Waals surface area contributed by atoms with Crippen LogP contribution in [0, 0.1) is 13.8 Å². The van der Waals surface area contributed by atoms with Gasteiger partial charge in [-0.1, -0.05) is 29.8 Å². The molecule has 2 aromatic heterocycles. The number of amides is 1. The van der Waals surface area contributed by atoms with Crippen LogP contribution in [-0.2, 0) is 11.3 Å². The molecule has 0 aliphatic heterocycles. The van der Waals surface area contributed by atoms with Crippen molar-refractivity contribution >= 4 is 5.91 Å². The highest BCUT2D eigenvalue weighted by atomic mass is 16.1. The number of nitrogens with zero attached hydrogens (tertiary/aromatic N) is 5. The number of carbonyl (C=O) groups is 1. The minimum atomic E-state index is -0.241. The second kappa shape index (κ2) is 7.65. The van der Waals surface area contributed by atoms with E-state index < -0.39 is 0 Å². The summed E-state index contributed by atoms with van der Waals surface area (Å²) in [5, 5.41) is 14.0. The number of aromatic nitrogens is 5. The number of benzene rings is 1. The maximum absolute atomic E-state index is 12.5. The molecule has 0 fully saturated rings. The first-order valence-corrected chi connectivity index (χ1v) is 8.10. The van der Waals surface area contributed by atoms with Crippen LogP contribution in [-0.4, -0.2) is 31.1 Å². The fraction of sp³-hybridized carbons (Fsp3) is 0.278. The summed E-state index contributed by atoms with van der Waals surface area (Å²) in [4.78, 5) is 16.7. The largest absolute Gasteiger partial charge is 0.345 e. The molecule has 0 bridgehead atoms. The molecule has 1 amide bonds. The SMILES string of the molecule is Cc1ccc(C)c(C(NC(=O)CCn2cnnn2)c2cccnc2)c1. The van der Waals surface area contributed by atoms with Gasteiger partial charge < -0.3 is 5.32 Å². The Balaban J connectivity index is 1.81.